The van der Waals surface area contributed by atoms with E-state index in [1.165, 1.54) is 12.0 Å². The second-order valence-electron chi connectivity index (χ2n) is 5.23. The van der Waals surface area contributed by atoms with Gasteiger partial charge in [0, 0.05) is 0 Å². The third-order valence-corrected chi connectivity index (χ3v) is 4.06. The molecule has 1 N–H and O–H groups in total. The van der Waals surface area contributed by atoms with Crippen LogP contribution < -0.4 is 14.8 Å². The van der Waals surface area contributed by atoms with Crippen LogP contribution >= 0.6 is 0 Å². The molecule has 1 aliphatic heterocycles. The molecule has 0 bridgehead atoms. The monoisotopic (exact) mass is 233 g/mol. The van der Waals surface area contributed by atoms with Crippen molar-refractivity contribution in [3.8, 4) is 11.5 Å². The van der Waals surface area contributed by atoms with E-state index in [1.54, 1.807) is 0 Å². The maximum absolute atomic E-state index is 5.64. The van der Waals surface area contributed by atoms with E-state index in [1.807, 2.05) is 13.1 Å². The molecule has 2 atom stereocenters. The summed E-state index contributed by atoms with van der Waals surface area (Å²) in [6.07, 6.45) is 1.26. The molecule has 0 radical (unpaired) electrons. The Kier molecular flexibility index (Phi) is 2.51. The normalized spacial score (nSPS) is 30.1. The molecule has 0 spiro atoms. The Balaban J connectivity index is 1.85. The molecule has 0 saturated heterocycles. The highest BCUT2D eigenvalue weighted by Gasteiger charge is 2.50. The molecule has 17 heavy (non-hydrogen) atoms. The van der Waals surface area contributed by atoms with Gasteiger partial charge < -0.3 is 14.8 Å². The van der Waals surface area contributed by atoms with E-state index in [0.29, 0.717) is 18.6 Å². The van der Waals surface area contributed by atoms with Crippen LogP contribution in [0.25, 0.3) is 0 Å². The van der Waals surface area contributed by atoms with Gasteiger partial charge in [0.25, 0.3) is 0 Å². The molecule has 3 nitrogen and oxygen atoms in total. The zero-order chi connectivity index (χ0) is 11.9. The number of hydrogen-bond acceptors (Lipinski definition) is 3. The van der Waals surface area contributed by atoms with Gasteiger partial charge in [0.15, 0.2) is 11.5 Å². The second-order valence-corrected chi connectivity index (χ2v) is 5.23. The Morgan fingerprint density at radius 2 is 2.06 bits per heavy atom. The summed E-state index contributed by atoms with van der Waals surface area (Å²) in [5.41, 5.74) is 1.70. The highest BCUT2D eigenvalue weighted by Crippen LogP contribution is 2.54. The van der Waals surface area contributed by atoms with E-state index in [2.05, 4.69) is 24.4 Å². The van der Waals surface area contributed by atoms with Crippen LogP contribution in [0.15, 0.2) is 18.2 Å². The number of benzene rings is 1. The minimum Gasteiger partial charge on any atom is -0.486 e. The van der Waals surface area contributed by atoms with E-state index < -0.39 is 0 Å². The average molecular weight is 233 g/mol. The van der Waals surface area contributed by atoms with Gasteiger partial charge in [-0.2, -0.15) is 0 Å². The lowest BCUT2D eigenvalue weighted by molar-refractivity contribution is 0.171. The summed E-state index contributed by atoms with van der Waals surface area (Å²) in [6, 6.07) is 6.39. The topological polar surface area (TPSA) is 30.5 Å². The summed E-state index contributed by atoms with van der Waals surface area (Å²) in [5, 5.41) is 3.26. The summed E-state index contributed by atoms with van der Waals surface area (Å²) in [7, 11) is 2.02. The third-order valence-electron chi connectivity index (χ3n) is 4.06. The van der Waals surface area contributed by atoms with E-state index in [-0.39, 0.29) is 0 Å². The van der Waals surface area contributed by atoms with E-state index in [0.717, 1.165) is 24.0 Å². The SMILES string of the molecule is CNCC1CC1(C)c1ccc2c(c1)OCCO2. The van der Waals surface area contributed by atoms with Crippen LogP contribution in [-0.2, 0) is 5.41 Å². The van der Waals surface area contributed by atoms with Crippen molar-refractivity contribution in [2.24, 2.45) is 5.92 Å². The Bertz CT molecular complexity index is 432. The van der Waals surface area contributed by atoms with Gasteiger partial charge in [-0.05, 0) is 49.0 Å². The number of fused-ring (bicyclic) bond motifs is 1. The molecule has 1 saturated carbocycles. The lowest BCUT2D eigenvalue weighted by atomic mass is 9.95. The predicted molar refractivity (Wildman–Crippen MR) is 66.8 cm³/mol. The molecule has 2 aliphatic rings. The van der Waals surface area contributed by atoms with Crippen LogP contribution in [0.5, 0.6) is 11.5 Å². The molecule has 1 aromatic carbocycles. The Hall–Kier alpha value is -1.22. The molecule has 0 aromatic heterocycles. The second kappa shape index (κ2) is 3.91. The lowest BCUT2D eigenvalue weighted by Crippen LogP contribution is -2.18. The Morgan fingerprint density at radius 3 is 2.82 bits per heavy atom. The van der Waals surface area contributed by atoms with Crippen LogP contribution in [0.1, 0.15) is 18.9 Å². The quantitative estimate of drug-likeness (QED) is 0.865. The Labute approximate surface area is 102 Å². The first-order chi connectivity index (χ1) is 8.24. The third kappa shape index (κ3) is 1.78. The zero-order valence-corrected chi connectivity index (χ0v) is 10.5. The largest absolute Gasteiger partial charge is 0.486 e. The maximum atomic E-state index is 5.64. The van der Waals surface area contributed by atoms with Gasteiger partial charge in [0.2, 0.25) is 0 Å². The van der Waals surface area contributed by atoms with Crippen LogP contribution in [0.4, 0.5) is 0 Å². The van der Waals surface area contributed by atoms with Crippen molar-refractivity contribution in [1.29, 1.82) is 0 Å². The van der Waals surface area contributed by atoms with Crippen molar-refractivity contribution in [2.45, 2.75) is 18.8 Å². The summed E-state index contributed by atoms with van der Waals surface area (Å²) in [5.74, 6) is 2.54. The van der Waals surface area contributed by atoms with Crippen LogP contribution in [0.2, 0.25) is 0 Å². The van der Waals surface area contributed by atoms with Gasteiger partial charge in [-0.25, -0.2) is 0 Å². The van der Waals surface area contributed by atoms with Gasteiger partial charge in [0.1, 0.15) is 13.2 Å². The summed E-state index contributed by atoms with van der Waals surface area (Å²) in [6.45, 7) is 4.74. The minimum absolute atomic E-state index is 0.318. The van der Waals surface area contributed by atoms with Crippen molar-refractivity contribution in [3.05, 3.63) is 23.8 Å². The molecule has 3 heteroatoms. The summed E-state index contributed by atoms with van der Waals surface area (Å²) in [4.78, 5) is 0. The molecule has 1 heterocycles. The van der Waals surface area contributed by atoms with Gasteiger partial charge >= 0.3 is 0 Å². The molecule has 1 fully saturated rings. The number of ether oxygens (including phenoxy) is 2. The molecule has 1 aliphatic carbocycles. The van der Waals surface area contributed by atoms with Crippen molar-refractivity contribution in [3.63, 3.8) is 0 Å². The fraction of sp³-hybridized carbons (Fsp3) is 0.571. The van der Waals surface area contributed by atoms with Crippen molar-refractivity contribution in [2.75, 3.05) is 26.8 Å². The minimum atomic E-state index is 0.318. The highest BCUT2D eigenvalue weighted by atomic mass is 16.6. The van der Waals surface area contributed by atoms with Crippen molar-refractivity contribution >= 4 is 0 Å². The molecule has 0 amide bonds. The average Bonchev–Trinajstić information content (AvgIpc) is 3.01. The molecule has 3 rings (SSSR count). The first-order valence-corrected chi connectivity index (χ1v) is 6.29. The van der Waals surface area contributed by atoms with E-state index in [9.17, 15) is 0 Å². The summed E-state index contributed by atoms with van der Waals surface area (Å²) >= 11 is 0. The van der Waals surface area contributed by atoms with Crippen molar-refractivity contribution < 1.29 is 9.47 Å². The van der Waals surface area contributed by atoms with Crippen LogP contribution in [0.3, 0.4) is 0 Å². The van der Waals surface area contributed by atoms with Crippen molar-refractivity contribution in [1.82, 2.24) is 5.32 Å². The zero-order valence-electron chi connectivity index (χ0n) is 10.5. The first-order valence-electron chi connectivity index (χ1n) is 6.29. The number of hydrogen-bond donors (Lipinski definition) is 1. The van der Waals surface area contributed by atoms with Gasteiger partial charge in [-0.15, -0.1) is 0 Å². The van der Waals surface area contributed by atoms with Gasteiger partial charge in [0.05, 0.1) is 0 Å². The summed E-state index contributed by atoms with van der Waals surface area (Å²) < 4.78 is 11.2. The maximum Gasteiger partial charge on any atom is 0.161 e. The Morgan fingerprint density at radius 1 is 1.29 bits per heavy atom. The van der Waals surface area contributed by atoms with Crippen LogP contribution in [0, 0.1) is 5.92 Å². The van der Waals surface area contributed by atoms with E-state index in [4.69, 9.17) is 9.47 Å². The highest BCUT2D eigenvalue weighted by molar-refractivity contribution is 5.47. The lowest BCUT2D eigenvalue weighted by Gasteiger charge is -2.21. The first kappa shape index (κ1) is 10.9. The number of nitrogens with one attached hydrogen (secondary N) is 1. The fourth-order valence-electron chi connectivity index (χ4n) is 2.75. The number of rotatable bonds is 3. The molecular formula is C14H19NO2. The van der Waals surface area contributed by atoms with Gasteiger partial charge in [-0.3, -0.25) is 0 Å². The predicted octanol–water partition coefficient (Wildman–Crippen LogP) is 1.95. The smallest absolute Gasteiger partial charge is 0.161 e. The van der Waals surface area contributed by atoms with E-state index >= 15 is 0 Å². The molecular weight excluding hydrogens is 214 g/mol. The fourth-order valence-corrected chi connectivity index (χ4v) is 2.75. The standard InChI is InChI=1S/C14H19NO2/c1-14(8-11(14)9-15-2)10-3-4-12-13(7-10)17-6-5-16-12/h3-4,7,11,15H,5-6,8-9H2,1-2H3. The van der Waals surface area contributed by atoms with Crippen LogP contribution in [-0.4, -0.2) is 26.8 Å². The van der Waals surface area contributed by atoms with Gasteiger partial charge in [-0.1, -0.05) is 13.0 Å². The molecule has 1 aromatic rings. The molecule has 2 unspecified atom stereocenters. The molecule has 92 valence electrons.